The average Bonchev–Trinajstić information content (AvgIpc) is 2.84. The highest BCUT2D eigenvalue weighted by atomic mass is 32.2. The van der Waals surface area contributed by atoms with Crippen LogP contribution in [-0.4, -0.2) is 28.5 Å². The van der Waals surface area contributed by atoms with Gasteiger partial charge in [-0.1, -0.05) is 29.8 Å². The van der Waals surface area contributed by atoms with E-state index in [-0.39, 0.29) is 10.7 Å². The van der Waals surface area contributed by atoms with E-state index in [1.165, 1.54) is 0 Å². The fourth-order valence-electron chi connectivity index (χ4n) is 2.76. The molecule has 0 bridgehead atoms. The van der Waals surface area contributed by atoms with Crippen molar-refractivity contribution < 1.29 is 17.9 Å². The van der Waals surface area contributed by atoms with Gasteiger partial charge in [0.25, 0.3) is 10.0 Å². The van der Waals surface area contributed by atoms with Crippen LogP contribution < -0.4 is 14.8 Å². The minimum absolute atomic E-state index is 0.210. The maximum Gasteiger partial charge on any atom is 0.285 e. The van der Waals surface area contributed by atoms with Crippen molar-refractivity contribution in [1.29, 1.82) is 0 Å². The second kappa shape index (κ2) is 6.84. The van der Waals surface area contributed by atoms with Gasteiger partial charge in [0.1, 0.15) is 22.2 Å². The van der Waals surface area contributed by atoms with Gasteiger partial charge in [0.05, 0.1) is 19.9 Å². The van der Waals surface area contributed by atoms with Crippen LogP contribution in [0.3, 0.4) is 0 Å². The Hall–Kier alpha value is -2.80. The summed E-state index contributed by atoms with van der Waals surface area (Å²) in [5.74, 6) is 1.45. The van der Waals surface area contributed by atoms with Gasteiger partial charge < -0.3 is 14.8 Å². The van der Waals surface area contributed by atoms with Gasteiger partial charge in [-0.25, -0.2) is 0 Å². The molecule has 3 rings (SSSR count). The zero-order valence-electron chi connectivity index (χ0n) is 15.0. The summed E-state index contributed by atoms with van der Waals surface area (Å²) in [6, 6.07) is 12.6. The van der Waals surface area contributed by atoms with E-state index < -0.39 is 10.0 Å². The van der Waals surface area contributed by atoms with Gasteiger partial charge in [0, 0.05) is 11.6 Å². The molecule has 6 nitrogen and oxygen atoms in total. The summed E-state index contributed by atoms with van der Waals surface area (Å²) in [5, 5.41) is 3.06. The second-order valence-corrected chi connectivity index (χ2v) is 7.47. The van der Waals surface area contributed by atoms with Crippen LogP contribution >= 0.6 is 0 Å². The molecule has 0 fully saturated rings. The topological polar surface area (TPSA) is 77.0 Å². The lowest BCUT2D eigenvalue weighted by Crippen LogP contribution is -2.12. The van der Waals surface area contributed by atoms with E-state index in [1.807, 2.05) is 19.1 Å². The average molecular weight is 372 g/mol. The van der Waals surface area contributed by atoms with Crippen molar-refractivity contribution in [3.8, 4) is 11.5 Å². The SMILES string of the molecule is COc1ccc(OC)c(NC2=NS(=O)(=O)C(c3ccc(C)cc3)=C2C)c1. The summed E-state index contributed by atoms with van der Waals surface area (Å²) >= 11 is 0. The Balaban J connectivity index is 2.03. The molecule has 0 saturated carbocycles. The van der Waals surface area contributed by atoms with Crippen LogP contribution in [0.15, 0.2) is 52.4 Å². The molecule has 0 amide bonds. The van der Waals surface area contributed by atoms with Crippen LogP contribution in [0.2, 0.25) is 0 Å². The predicted octanol–water partition coefficient (Wildman–Crippen LogP) is 3.60. The Morgan fingerprint density at radius 1 is 0.962 bits per heavy atom. The zero-order chi connectivity index (χ0) is 18.9. The first-order chi connectivity index (χ1) is 12.4. The van der Waals surface area contributed by atoms with Crippen LogP contribution in [0.25, 0.3) is 4.91 Å². The number of methoxy groups -OCH3 is 2. The molecule has 0 radical (unpaired) electrons. The van der Waals surface area contributed by atoms with Crippen molar-refractivity contribution in [3.05, 3.63) is 59.2 Å². The molecule has 0 spiro atoms. The number of sulfonamides is 1. The number of amidine groups is 1. The molecule has 0 saturated heterocycles. The Labute approximate surface area is 153 Å². The van der Waals surface area contributed by atoms with Crippen molar-refractivity contribution >= 4 is 26.5 Å². The van der Waals surface area contributed by atoms with E-state index in [2.05, 4.69) is 9.71 Å². The molecule has 26 heavy (non-hydrogen) atoms. The van der Waals surface area contributed by atoms with Gasteiger partial charge in [0.15, 0.2) is 0 Å². The van der Waals surface area contributed by atoms with E-state index in [1.54, 1.807) is 51.5 Å². The van der Waals surface area contributed by atoms with Crippen molar-refractivity contribution in [3.63, 3.8) is 0 Å². The third kappa shape index (κ3) is 3.30. The molecular formula is C19H20N2O4S. The predicted molar refractivity (Wildman–Crippen MR) is 103 cm³/mol. The molecule has 1 N–H and O–H groups in total. The van der Waals surface area contributed by atoms with Gasteiger partial charge in [-0.2, -0.15) is 8.42 Å². The second-order valence-electron chi connectivity index (χ2n) is 5.93. The Bertz CT molecular complexity index is 1010. The lowest BCUT2D eigenvalue weighted by Gasteiger charge is -2.12. The summed E-state index contributed by atoms with van der Waals surface area (Å²) in [7, 11) is -0.672. The van der Waals surface area contributed by atoms with Crippen LogP contribution in [0.4, 0.5) is 5.69 Å². The van der Waals surface area contributed by atoms with Crippen molar-refractivity contribution in [1.82, 2.24) is 0 Å². The van der Waals surface area contributed by atoms with Crippen molar-refractivity contribution in [2.75, 3.05) is 19.5 Å². The minimum Gasteiger partial charge on any atom is -0.497 e. The van der Waals surface area contributed by atoms with E-state index in [0.717, 1.165) is 5.56 Å². The first kappa shape index (κ1) is 18.0. The monoisotopic (exact) mass is 372 g/mol. The summed E-state index contributed by atoms with van der Waals surface area (Å²) < 4.78 is 39.7. The maximum atomic E-state index is 12.6. The molecular weight excluding hydrogens is 352 g/mol. The molecule has 2 aromatic rings. The minimum atomic E-state index is -3.77. The van der Waals surface area contributed by atoms with Crippen molar-refractivity contribution in [2.24, 2.45) is 4.40 Å². The third-order valence-corrected chi connectivity index (χ3v) is 5.62. The van der Waals surface area contributed by atoms with Gasteiger partial charge in [-0.15, -0.1) is 4.40 Å². The smallest absolute Gasteiger partial charge is 0.285 e. The summed E-state index contributed by atoms with van der Waals surface area (Å²) in [5.41, 5.74) is 2.80. The first-order valence-electron chi connectivity index (χ1n) is 7.98. The summed E-state index contributed by atoms with van der Waals surface area (Å²) in [6.07, 6.45) is 0. The molecule has 1 heterocycles. The molecule has 0 aromatic heterocycles. The van der Waals surface area contributed by atoms with Crippen LogP contribution in [0.5, 0.6) is 11.5 Å². The standard InChI is InChI=1S/C19H20N2O4S/c1-12-5-7-14(8-6-12)18-13(2)19(21-26(18,22)23)20-16-11-15(24-3)9-10-17(16)25-4/h5-11H,1-4H3,(H,20,21). The van der Waals surface area contributed by atoms with Gasteiger partial charge >= 0.3 is 0 Å². The van der Waals surface area contributed by atoms with Gasteiger partial charge in [0.2, 0.25) is 0 Å². The highest BCUT2D eigenvalue weighted by molar-refractivity contribution is 8.00. The molecule has 0 atom stereocenters. The largest absolute Gasteiger partial charge is 0.497 e. The number of hydrogen-bond donors (Lipinski definition) is 1. The number of benzene rings is 2. The number of anilines is 1. The summed E-state index contributed by atoms with van der Waals surface area (Å²) in [6.45, 7) is 3.69. The molecule has 136 valence electrons. The van der Waals surface area contributed by atoms with Crippen LogP contribution in [-0.2, 0) is 10.0 Å². The zero-order valence-corrected chi connectivity index (χ0v) is 15.8. The van der Waals surface area contributed by atoms with Gasteiger partial charge in [-0.05, 0) is 31.5 Å². The van der Waals surface area contributed by atoms with Gasteiger partial charge in [-0.3, -0.25) is 0 Å². The van der Waals surface area contributed by atoms with E-state index in [9.17, 15) is 8.42 Å². The Kier molecular flexibility index (Phi) is 4.73. The normalized spacial score (nSPS) is 15.6. The number of ether oxygens (including phenoxy) is 2. The Morgan fingerprint density at radius 3 is 2.27 bits per heavy atom. The van der Waals surface area contributed by atoms with E-state index >= 15 is 0 Å². The number of rotatable bonds is 4. The number of aryl methyl sites for hydroxylation is 1. The molecule has 1 aliphatic rings. The molecule has 0 aliphatic carbocycles. The van der Waals surface area contributed by atoms with Crippen molar-refractivity contribution in [2.45, 2.75) is 13.8 Å². The lowest BCUT2D eigenvalue weighted by molar-refractivity contribution is 0.405. The number of nitrogens with one attached hydrogen (secondary N) is 1. The highest BCUT2D eigenvalue weighted by Crippen LogP contribution is 2.35. The lowest BCUT2D eigenvalue weighted by atomic mass is 10.1. The third-order valence-electron chi connectivity index (χ3n) is 4.14. The molecule has 1 aliphatic heterocycles. The van der Waals surface area contributed by atoms with E-state index in [0.29, 0.717) is 28.3 Å². The maximum absolute atomic E-state index is 12.6. The summed E-state index contributed by atoms with van der Waals surface area (Å²) in [4.78, 5) is 0.210. The number of nitrogens with zero attached hydrogens (tertiary/aromatic N) is 1. The Morgan fingerprint density at radius 2 is 1.65 bits per heavy atom. The van der Waals surface area contributed by atoms with Crippen LogP contribution in [0, 0.1) is 6.92 Å². The quantitative estimate of drug-likeness (QED) is 0.887. The van der Waals surface area contributed by atoms with E-state index in [4.69, 9.17) is 9.47 Å². The van der Waals surface area contributed by atoms with Crippen LogP contribution in [0.1, 0.15) is 18.1 Å². The number of hydrogen-bond acceptors (Lipinski definition) is 5. The fourth-order valence-corrected chi connectivity index (χ4v) is 4.19. The molecule has 0 unspecified atom stereocenters. The molecule has 7 heteroatoms. The molecule has 2 aromatic carbocycles. The first-order valence-corrected chi connectivity index (χ1v) is 9.42. The fraction of sp³-hybridized carbons (Fsp3) is 0.211. The highest BCUT2D eigenvalue weighted by Gasteiger charge is 2.31.